The number of hydrogen-bond donors (Lipinski definition) is 2. The summed E-state index contributed by atoms with van der Waals surface area (Å²) in [6.07, 6.45) is 3.47. The monoisotopic (exact) mass is 180 g/mol. The molecule has 0 saturated carbocycles. The molecule has 0 fully saturated rings. The van der Waals surface area contributed by atoms with E-state index in [4.69, 9.17) is 10.4 Å². The van der Waals surface area contributed by atoms with Crippen molar-refractivity contribution in [1.29, 1.82) is 0 Å². The van der Waals surface area contributed by atoms with Crippen molar-refractivity contribution < 1.29 is 10.4 Å². The van der Waals surface area contributed by atoms with E-state index in [0.717, 1.165) is 0 Å². The second-order valence-corrected chi connectivity index (χ2v) is 2.81. The van der Waals surface area contributed by atoms with Gasteiger partial charge in [0.05, 0.1) is 0 Å². The second kappa shape index (κ2) is 5.43. The summed E-state index contributed by atoms with van der Waals surface area (Å²) in [5.74, 6) is 0. The Bertz CT molecular complexity index is 139. The van der Waals surface area contributed by atoms with Crippen LogP contribution in [0.4, 0.5) is 0 Å². The number of thioether (sulfide) groups is 2. The highest BCUT2D eigenvalue weighted by Gasteiger charge is 2.06. The molecule has 0 amide bonds. The van der Waals surface area contributed by atoms with Crippen molar-refractivity contribution in [3.05, 3.63) is 0 Å². The highest BCUT2D eigenvalue weighted by molar-refractivity contribution is 8.24. The van der Waals surface area contributed by atoms with Gasteiger partial charge in [-0.05, 0) is 12.5 Å². The Hall–Kier alpha value is -0.360. The van der Waals surface area contributed by atoms with Gasteiger partial charge in [-0.1, -0.05) is 10.3 Å². The number of oxime groups is 2. The van der Waals surface area contributed by atoms with Crippen molar-refractivity contribution in [2.24, 2.45) is 10.3 Å². The van der Waals surface area contributed by atoms with Crippen LogP contribution in [0.15, 0.2) is 10.3 Å². The molecular formula is C4H8N2O2S2. The molecule has 0 atom stereocenters. The zero-order valence-corrected chi connectivity index (χ0v) is 7.24. The first kappa shape index (κ1) is 9.64. The van der Waals surface area contributed by atoms with Gasteiger partial charge in [0.25, 0.3) is 0 Å². The van der Waals surface area contributed by atoms with Crippen molar-refractivity contribution in [2.75, 3.05) is 12.5 Å². The van der Waals surface area contributed by atoms with Gasteiger partial charge in [0.2, 0.25) is 0 Å². The van der Waals surface area contributed by atoms with Crippen LogP contribution < -0.4 is 0 Å². The molecule has 0 saturated heterocycles. The minimum absolute atomic E-state index is 0.315. The molecule has 0 aliphatic heterocycles. The fourth-order valence-electron chi connectivity index (χ4n) is 0.342. The predicted octanol–water partition coefficient (Wildman–Crippen LogP) is 1.29. The minimum Gasteiger partial charge on any atom is -0.410 e. The molecule has 58 valence electrons. The maximum Gasteiger partial charge on any atom is 0.171 e. The molecule has 10 heavy (non-hydrogen) atoms. The van der Waals surface area contributed by atoms with E-state index in [9.17, 15) is 0 Å². The summed E-state index contributed by atoms with van der Waals surface area (Å²) in [6.45, 7) is 0. The third-order valence-corrected chi connectivity index (χ3v) is 2.20. The van der Waals surface area contributed by atoms with E-state index in [1.54, 1.807) is 12.5 Å². The largest absolute Gasteiger partial charge is 0.410 e. The van der Waals surface area contributed by atoms with Gasteiger partial charge in [-0.2, -0.15) is 0 Å². The van der Waals surface area contributed by atoms with Crippen LogP contribution in [0.3, 0.4) is 0 Å². The van der Waals surface area contributed by atoms with Crippen LogP contribution in [-0.2, 0) is 0 Å². The van der Waals surface area contributed by atoms with Crippen molar-refractivity contribution >= 4 is 33.6 Å². The minimum atomic E-state index is 0.315. The zero-order valence-electron chi connectivity index (χ0n) is 5.61. The molecule has 0 aromatic heterocycles. The Morgan fingerprint density at radius 1 is 1.00 bits per heavy atom. The Labute approximate surface area is 67.4 Å². The highest BCUT2D eigenvalue weighted by atomic mass is 32.2. The Kier molecular flexibility index (Phi) is 5.23. The lowest BCUT2D eigenvalue weighted by atomic mass is 10.8. The number of nitrogens with zero attached hydrogens (tertiary/aromatic N) is 2. The maximum absolute atomic E-state index is 8.32. The van der Waals surface area contributed by atoms with Crippen molar-refractivity contribution in [2.45, 2.75) is 0 Å². The molecule has 4 nitrogen and oxygen atoms in total. The topological polar surface area (TPSA) is 65.2 Å². The van der Waals surface area contributed by atoms with Crippen molar-refractivity contribution in [3.8, 4) is 0 Å². The summed E-state index contributed by atoms with van der Waals surface area (Å²) < 4.78 is 0. The lowest BCUT2D eigenvalue weighted by molar-refractivity contribution is 0.316. The SMILES string of the molecule is CSC(=N\O)/C(=N/O)SC. The highest BCUT2D eigenvalue weighted by Crippen LogP contribution is 2.08. The third kappa shape index (κ3) is 2.49. The molecule has 0 bridgehead atoms. The van der Waals surface area contributed by atoms with Crippen LogP contribution in [0.5, 0.6) is 0 Å². The van der Waals surface area contributed by atoms with E-state index < -0.39 is 0 Å². The van der Waals surface area contributed by atoms with Gasteiger partial charge in [0.15, 0.2) is 10.1 Å². The molecule has 0 aliphatic carbocycles. The summed E-state index contributed by atoms with van der Waals surface area (Å²) >= 11 is 2.43. The van der Waals surface area contributed by atoms with E-state index >= 15 is 0 Å². The summed E-state index contributed by atoms with van der Waals surface area (Å²) in [6, 6.07) is 0. The molecule has 0 spiro atoms. The Morgan fingerprint density at radius 3 is 1.40 bits per heavy atom. The molecule has 0 heterocycles. The average molecular weight is 180 g/mol. The molecule has 2 N–H and O–H groups in total. The summed E-state index contributed by atoms with van der Waals surface area (Å²) in [4.78, 5) is 0. The molecule has 0 aliphatic rings. The average Bonchev–Trinajstić information content (AvgIpc) is 2.00. The molecule has 0 rings (SSSR count). The molecule has 0 aromatic rings. The van der Waals surface area contributed by atoms with Gasteiger partial charge in [0.1, 0.15) is 0 Å². The Morgan fingerprint density at radius 2 is 1.30 bits per heavy atom. The quantitative estimate of drug-likeness (QED) is 0.255. The molecule has 0 aromatic carbocycles. The van der Waals surface area contributed by atoms with Crippen LogP contribution in [0.25, 0.3) is 0 Å². The van der Waals surface area contributed by atoms with Gasteiger partial charge < -0.3 is 10.4 Å². The summed E-state index contributed by atoms with van der Waals surface area (Å²) in [5.41, 5.74) is 0. The number of rotatable bonds is 0. The van der Waals surface area contributed by atoms with Crippen LogP contribution >= 0.6 is 23.5 Å². The predicted molar refractivity (Wildman–Crippen MR) is 45.5 cm³/mol. The van der Waals surface area contributed by atoms with Gasteiger partial charge >= 0.3 is 0 Å². The standard InChI is InChI=1S/C4H8N2O2S2/c1-9-3(5-7)4(6-8)10-2/h7-8H,1-2H3/b5-3-,6-4-. The molecular weight excluding hydrogens is 172 g/mol. The van der Waals surface area contributed by atoms with E-state index in [-0.39, 0.29) is 0 Å². The zero-order chi connectivity index (χ0) is 7.98. The fraction of sp³-hybridized carbons (Fsp3) is 0.500. The van der Waals surface area contributed by atoms with Crippen LogP contribution in [0.2, 0.25) is 0 Å². The second-order valence-electron chi connectivity index (χ2n) is 1.22. The molecule has 0 radical (unpaired) electrons. The fourth-order valence-corrected chi connectivity index (χ4v) is 1.44. The maximum atomic E-state index is 8.32. The third-order valence-electron chi connectivity index (χ3n) is 0.751. The van der Waals surface area contributed by atoms with E-state index in [2.05, 4.69) is 10.3 Å². The summed E-state index contributed by atoms with van der Waals surface area (Å²) in [7, 11) is 0. The Balaban J connectivity index is 4.27. The lowest BCUT2D eigenvalue weighted by Gasteiger charge is -1.97. The molecule has 0 unspecified atom stereocenters. The first-order valence-electron chi connectivity index (χ1n) is 2.32. The first-order valence-corrected chi connectivity index (χ1v) is 4.77. The van der Waals surface area contributed by atoms with E-state index in [1.165, 1.54) is 23.5 Å². The summed E-state index contributed by atoms with van der Waals surface area (Å²) in [5, 5.41) is 23.1. The van der Waals surface area contributed by atoms with Crippen molar-refractivity contribution in [1.82, 2.24) is 0 Å². The van der Waals surface area contributed by atoms with Gasteiger partial charge in [-0.15, -0.1) is 23.5 Å². The number of hydrogen-bond acceptors (Lipinski definition) is 6. The molecule has 6 heteroatoms. The normalized spacial score (nSPS) is 13.8. The van der Waals surface area contributed by atoms with Crippen LogP contribution in [-0.4, -0.2) is 33.0 Å². The van der Waals surface area contributed by atoms with E-state index in [1.807, 2.05) is 0 Å². The van der Waals surface area contributed by atoms with Gasteiger partial charge in [0, 0.05) is 0 Å². The first-order chi connectivity index (χ1) is 4.79. The van der Waals surface area contributed by atoms with Gasteiger partial charge in [-0.3, -0.25) is 0 Å². The van der Waals surface area contributed by atoms with Crippen LogP contribution in [0, 0.1) is 0 Å². The lowest BCUT2D eigenvalue weighted by Crippen LogP contribution is -2.04. The van der Waals surface area contributed by atoms with E-state index in [0.29, 0.717) is 10.1 Å². The van der Waals surface area contributed by atoms with Gasteiger partial charge in [-0.25, -0.2) is 0 Å². The van der Waals surface area contributed by atoms with Crippen molar-refractivity contribution in [3.63, 3.8) is 0 Å². The smallest absolute Gasteiger partial charge is 0.171 e. The van der Waals surface area contributed by atoms with Crippen LogP contribution in [0.1, 0.15) is 0 Å².